The van der Waals surface area contributed by atoms with Crippen molar-refractivity contribution in [2.45, 2.75) is 167 Å². The Morgan fingerprint density at radius 3 is 0.645 bits per heavy atom. The predicted molar refractivity (Wildman–Crippen MR) is 478 cm³/mol. The Balaban J connectivity index is 0.000000112. The first kappa shape index (κ1) is 80.4. The third-order valence-corrected chi connectivity index (χ3v) is 22.5. The van der Waals surface area contributed by atoms with E-state index in [9.17, 15) is 24.0 Å². The van der Waals surface area contributed by atoms with Crippen molar-refractivity contribution in [2.24, 2.45) is 0 Å². The first-order valence-corrected chi connectivity index (χ1v) is 42.5. The van der Waals surface area contributed by atoms with Crippen molar-refractivity contribution < 1.29 is 0 Å². The lowest BCUT2D eigenvalue weighted by Gasteiger charge is -2.13. The van der Waals surface area contributed by atoms with Gasteiger partial charge in [0.25, 0.3) is 27.8 Å². The molecule has 11 heterocycles. The van der Waals surface area contributed by atoms with Gasteiger partial charge in [0.2, 0.25) is 0 Å². The second-order valence-electron chi connectivity index (χ2n) is 31.0. The Labute approximate surface area is 703 Å². The van der Waals surface area contributed by atoms with Crippen LogP contribution >= 0.6 is 0 Å². The molecule has 0 bridgehead atoms. The van der Waals surface area contributed by atoms with Crippen LogP contribution in [0.15, 0.2) is 261 Å². The van der Waals surface area contributed by atoms with Crippen molar-refractivity contribution in [2.75, 3.05) is 0 Å². The summed E-state index contributed by atoms with van der Waals surface area (Å²) >= 11 is 0. The number of benzene rings is 4. The van der Waals surface area contributed by atoms with Crippen molar-refractivity contribution in [1.29, 1.82) is 0 Å². The molecule has 0 aliphatic heterocycles. The fourth-order valence-electron chi connectivity index (χ4n) is 16.0. The third-order valence-electron chi connectivity index (χ3n) is 22.5. The van der Waals surface area contributed by atoms with E-state index in [1.54, 1.807) is 59.2 Å². The summed E-state index contributed by atoms with van der Waals surface area (Å²) in [5.74, 6) is 31.4. The van der Waals surface area contributed by atoms with Gasteiger partial charge in [-0.2, -0.15) is 0 Å². The summed E-state index contributed by atoms with van der Waals surface area (Å²) in [7, 11) is 0. The molecule has 0 atom stereocenters. The van der Waals surface area contributed by atoms with Crippen molar-refractivity contribution in [3.05, 3.63) is 401 Å². The minimum atomic E-state index is 0.0705. The quantitative estimate of drug-likeness (QED) is 0.104. The molecule has 121 heavy (non-hydrogen) atoms. The van der Waals surface area contributed by atoms with Crippen molar-refractivity contribution >= 4 is 28.2 Å². The Hall–Kier alpha value is -14.4. The van der Waals surface area contributed by atoms with E-state index in [4.69, 9.17) is 24.9 Å². The Morgan fingerprint density at radius 1 is 0.207 bits per heavy atom. The van der Waals surface area contributed by atoms with Gasteiger partial charge < -0.3 is 0 Å². The maximum absolute atomic E-state index is 12.8. The molecular weight excluding hydrogens is 1500 g/mol. The van der Waals surface area contributed by atoms with Gasteiger partial charge in [0.15, 0.2) is 0 Å². The number of hydrogen-bond acceptors (Lipinski definition) is 11. The average molecular weight is 1590 g/mol. The molecule has 16 heteroatoms. The summed E-state index contributed by atoms with van der Waals surface area (Å²) in [5, 5.41) is 0. The minimum absolute atomic E-state index is 0.0705. The number of pyridine rings is 6. The Kier molecular flexibility index (Phi) is 26.1. The van der Waals surface area contributed by atoms with E-state index < -0.39 is 0 Å². The van der Waals surface area contributed by atoms with Crippen LogP contribution in [-0.2, 0) is 64.2 Å². The van der Waals surface area contributed by atoms with Crippen LogP contribution in [0.25, 0.3) is 28.2 Å². The monoisotopic (exact) mass is 1590 g/mol. The predicted octanol–water partition coefficient (Wildman–Crippen LogP) is 16.6. The lowest BCUT2D eigenvalue weighted by molar-refractivity contribution is 0.603. The molecule has 11 aromatic heterocycles. The summed E-state index contributed by atoms with van der Waals surface area (Å²) in [6.45, 7) is 0. The van der Waals surface area contributed by atoms with Crippen molar-refractivity contribution in [3.63, 3.8) is 0 Å². The molecule has 0 fully saturated rings. The molecule has 4 aromatic carbocycles. The van der Waals surface area contributed by atoms with E-state index >= 15 is 0 Å². The molecule has 0 unspecified atom stereocenters. The number of rotatable bonds is 0. The van der Waals surface area contributed by atoms with Crippen LogP contribution in [0.4, 0.5) is 0 Å². The van der Waals surface area contributed by atoms with Crippen molar-refractivity contribution in [3.8, 4) is 59.2 Å². The zero-order chi connectivity index (χ0) is 82.5. The van der Waals surface area contributed by atoms with Gasteiger partial charge in [0.05, 0.1) is 28.5 Å². The first-order valence-electron chi connectivity index (χ1n) is 42.5. The van der Waals surface area contributed by atoms with Gasteiger partial charge in [-0.3, -0.25) is 46.0 Å². The fraction of sp³-hybridized carbons (Fsp3) is 0.248. The van der Waals surface area contributed by atoms with E-state index in [2.05, 4.69) is 64.2 Å². The smallest absolute Gasteiger partial charge is 0.261 e. The van der Waals surface area contributed by atoms with Gasteiger partial charge in [0.1, 0.15) is 33.9 Å². The van der Waals surface area contributed by atoms with Crippen LogP contribution in [-0.4, -0.2) is 51.9 Å². The zero-order valence-corrected chi connectivity index (χ0v) is 67.9. The topological polar surface area (TPSA) is 185 Å². The lowest BCUT2D eigenvalue weighted by Crippen LogP contribution is -2.23. The van der Waals surface area contributed by atoms with E-state index in [0.29, 0.717) is 28.2 Å². The normalized spacial score (nSPS) is 13.8. The number of nitrogens with zero attached hydrogens (tertiary/aromatic N) is 11. The number of aryl methyl sites for hydroxylation is 5. The van der Waals surface area contributed by atoms with Gasteiger partial charge in [-0.15, -0.1) is 0 Å². The highest BCUT2D eigenvalue weighted by molar-refractivity contribution is 5.57. The van der Waals surface area contributed by atoms with Gasteiger partial charge in [-0.25, -0.2) is 29.9 Å². The maximum Gasteiger partial charge on any atom is 0.261 e. The third kappa shape index (κ3) is 20.3. The maximum atomic E-state index is 12.8. The van der Waals surface area contributed by atoms with Gasteiger partial charge in [-0.05, 0) is 256 Å². The molecule has 20 rings (SSSR count). The number of fused-ring (bicyclic) bond motifs is 10. The van der Waals surface area contributed by atoms with Crippen LogP contribution in [0, 0.1) is 59.2 Å². The van der Waals surface area contributed by atoms with E-state index in [1.807, 2.05) is 200 Å². The largest absolute Gasteiger partial charge is 0.269 e. The van der Waals surface area contributed by atoms with Crippen molar-refractivity contribution in [1.82, 2.24) is 51.9 Å². The summed E-state index contributed by atoms with van der Waals surface area (Å²) in [4.78, 5) is 91.6. The summed E-state index contributed by atoms with van der Waals surface area (Å²) < 4.78 is 8.25. The molecular formula is C105H91N11O5. The molecule has 0 N–H and O–H groups in total. The highest BCUT2D eigenvalue weighted by Gasteiger charge is 2.21. The number of hydrogen-bond donors (Lipinski definition) is 0. The Bertz CT molecular complexity index is 6340. The molecule has 0 saturated heterocycles. The second-order valence-corrected chi connectivity index (χ2v) is 31.0. The molecule has 0 spiro atoms. The molecule has 5 aliphatic rings. The van der Waals surface area contributed by atoms with Crippen LogP contribution < -0.4 is 27.8 Å². The fourth-order valence-corrected chi connectivity index (χ4v) is 16.0. The Morgan fingerprint density at radius 2 is 0.413 bits per heavy atom. The highest BCUT2D eigenvalue weighted by atomic mass is 16.1. The summed E-state index contributed by atoms with van der Waals surface area (Å²) in [6.07, 6.45) is 37.5. The summed E-state index contributed by atoms with van der Waals surface area (Å²) in [5.41, 5.74) is 22.2. The van der Waals surface area contributed by atoms with Gasteiger partial charge in [0, 0.05) is 115 Å². The van der Waals surface area contributed by atoms with Gasteiger partial charge >= 0.3 is 0 Å². The van der Waals surface area contributed by atoms with E-state index in [-0.39, 0.29) is 27.8 Å². The molecule has 5 aliphatic carbocycles. The SMILES string of the molecule is O=c1c2c(nc3cc(C#Cc4ccccc4)ccn13)CCCCC2.O=c1c2c(nc3cc(C#Cc4ccccc4)ccn13)CCCCC2.O=c1c2c(nc3cc(C#Cc4ccccc4)ccn13)CCCCC2.O=c1c2c(nc3cc(C#Cc4ccccc4)ccn13)CCCCCC2.O=c1c2c(nc3cc(C#Cc4ccccn4)ccn13)CCCCC2. The van der Waals surface area contributed by atoms with E-state index in [1.165, 1.54) is 32.1 Å². The number of aromatic nitrogens is 11. The molecule has 16 nitrogen and oxygen atoms in total. The van der Waals surface area contributed by atoms with Crippen LogP contribution in [0.2, 0.25) is 0 Å². The van der Waals surface area contributed by atoms with Crippen LogP contribution in [0.5, 0.6) is 0 Å². The lowest BCUT2D eigenvalue weighted by atomic mass is 9.98. The molecule has 0 amide bonds. The minimum Gasteiger partial charge on any atom is -0.269 e. The second kappa shape index (κ2) is 39.3. The molecule has 15 aromatic rings. The molecule has 0 saturated carbocycles. The standard InChI is InChI=1S/C22H20N2O.3C21H18N2O.C20H17N3O/c25-22-19-10-6-1-2-7-11-20(19)23-21-16-18(14-15-24(21)22)13-12-17-8-4-3-5-9-17;3*24-21-18-9-5-2-6-10-19(18)22-20-15-17(13-14-23(20)21)12-11-16-7-3-1-4-8-16;24-20-17-7-2-1-3-8-18(17)22-19-14-15(11-13-23(19)20)9-10-16-6-4-5-12-21-16/h3-5,8-9,14-16H,1-2,6-7,10-11H2;3*1,3-4,7-8,13-15H,2,5-6,9-10H2;4-6,11-14H,1-3,7-8H2. The van der Waals surface area contributed by atoms with E-state index in [0.717, 1.165) is 247 Å². The average Bonchev–Trinajstić information content (AvgIpc) is 1.69. The van der Waals surface area contributed by atoms with Crippen LogP contribution in [0.3, 0.4) is 0 Å². The summed E-state index contributed by atoms with van der Waals surface area (Å²) in [6, 6.07) is 64.1. The first-order chi connectivity index (χ1) is 59.5. The highest BCUT2D eigenvalue weighted by Crippen LogP contribution is 2.24. The zero-order valence-electron chi connectivity index (χ0n) is 67.9. The van der Waals surface area contributed by atoms with Crippen LogP contribution in [0.1, 0.15) is 215 Å². The molecule has 596 valence electrons. The van der Waals surface area contributed by atoms with Gasteiger partial charge in [-0.1, -0.05) is 171 Å². The molecule has 0 radical (unpaired) electrons.